The fourth-order valence-electron chi connectivity index (χ4n) is 2.68. The minimum absolute atomic E-state index is 0.109. The van der Waals surface area contributed by atoms with Crippen molar-refractivity contribution in [1.29, 1.82) is 0 Å². The van der Waals surface area contributed by atoms with Crippen LogP contribution in [0.5, 0.6) is 0 Å². The van der Waals surface area contributed by atoms with Gasteiger partial charge in [0, 0.05) is 21.5 Å². The van der Waals surface area contributed by atoms with Gasteiger partial charge in [0.2, 0.25) is 0 Å². The first kappa shape index (κ1) is 16.3. The third-order valence-corrected chi connectivity index (χ3v) is 6.01. The minimum atomic E-state index is -0.109. The Bertz CT molecular complexity index is 421. The van der Waals surface area contributed by atoms with Gasteiger partial charge in [-0.3, -0.25) is 0 Å². The van der Waals surface area contributed by atoms with Gasteiger partial charge in [-0.15, -0.1) is 0 Å². The number of rotatable bonds is 6. The smallest absolute Gasteiger partial charge is 0.127 e. The maximum absolute atomic E-state index is 13.9. The van der Waals surface area contributed by atoms with Gasteiger partial charge in [-0.2, -0.15) is 11.8 Å². The van der Waals surface area contributed by atoms with Crippen molar-refractivity contribution in [2.24, 2.45) is 0 Å². The van der Waals surface area contributed by atoms with E-state index < -0.39 is 0 Å². The molecule has 112 valence electrons. The van der Waals surface area contributed by atoms with Crippen molar-refractivity contribution in [3.8, 4) is 0 Å². The second-order valence-electron chi connectivity index (χ2n) is 5.52. The molecule has 20 heavy (non-hydrogen) atoms. The van der Waals surface area contributed by atoms with Gasteiger partial charge in [0.05, 0.1) is 0 Å². The van der Waals surface area contributed by atoms with Crippen molar-refractivity contribution < 1.29 is 4.39 Å². The first-order chi connectivity index (χ1) is 9.69. The van der Waals surface area contributed by atoms with Gasteiger partial charge in [-0.25, -0.2) is 4.39 Å². The van der Waals surface area contributed by atoms with Crippen LogP contribution in [-0.2, 0) is 6.42 Å². The van der Waals surface area contributed by atoms with Gasteiger partial charge in [0.15, 0.2) is 0 Å². The topological polar surface area (TPSA) is 12.0 Å². The van der Waals surface area contributed by atoms with E-state index in [1.54, 1.807) is 6.07 Å². The summed E-state index contributed by atoms with van der Waals surface area (Å²) >= 11 is 5.37. The molecule has 0 saturated heterocycles. The van der Waals surface area contributed by atoms with E-state index in [2.05, 4.69) is 33.0 Å². The number of hydrogen-bond donors (Lipinski definition) is 1. The first-order valence-electron chi connectivity index (χ1n) is 7.42. The Morgan fingerprint density at radius 2 is 2.10 bits per heavy atom. The molecule has 1 atom stereocenters. The normalized spacial score (nSPS) is 18.1. The Hall–Kier alpha value is -0.0600. The van der Waals surface area contributed by atoms with Crippen molar-refractivity contribution in [3.05, 3.63) is 34.1 Å². The zero-order valence-electron chi connectivity index (χ0n) is 12.0. The lowest BCUT2D eigenvalue weighted by Gasteiger charge is -2.24. The molecule has 2 rings (SSSR count). The lowest BCUT2D eigenvalue weighted by atomic mass is 10.0. The third kappa shape index (κ3) is 5.05. The van der Waals surface area contributed by atoms with Crippen LogP contribution in [0.2, 0.25) is 0 Å². The Morgan fingerprint density at radius 1 is 1.35 bits per heavy atom. The number of halogens is 2. The highest BCUT2D eigenvalue weighted by Gasteiger charge is 2.17. The van der Waals surface area contributed by atoms with E-state index in [9.17, 15) is 4.39 Å². The molecule has 1 nitrogen and oxygen atoms in total. The SMILES string of the molecule is CNC(CSC1CCCCC1)Cc1ccc(Br)cc1F. The number of likely N-dealkylation sites (N-methyl/N-ethyl adjacent to an activating group) is 1. The Kier molecular flexibility index (Phi) is 6.85. The molecule has 0 radical (unpaired) electrons. The summed E-state index contributed by atoms with van der Waals surface area (Å²) in [6.07, 6.45) is 7.62. The van der Waals surface area contributed by atoms with E-state index in [1.807, 2.05) is 19.2 Å². The highest BCUT2D eigenvalue weighted by atomic mass is 79.9. The molecule has 1 unspecified atom stereocenters. The van der Waals surface area contributed by atoms with Crippen molar-refractivity contribution in [3.63, 3.8) is 0 Å². The molecule has 1 fully saturated rings. The van der Waals surface area contributed by atoms with Gasteiger partial charge in [-0.05, 0) is 44.0 Å². The lowest BCUT2D eigenvalue weighted by molar-refractivity contribution is 0.513. The van der Waals surface area contributed by atoms with Crippen molar-refractivity contribution >= 4 is 27.7 Å². The van der Waals surface area contributed by atoms with Crippen LogP contribution in [0.25, 0.3) is 0 Å². The van der Waals surface area contributed by atoms with Crippen LogP contribution in [0.4, 0.5) is 4.39 Å². The molecule has 0 amide bonds. The van der Waals surface area contributed by atoms with Crippen LogP contribution >= 0.6 is 27.7 Å². The zero-order chi connectivity index (χ0) is 14.4. The predicted octanol–water partition coefficient (Wildman–Crippen LogP) is 4.78. The molecule has 1 aromatic rings. The number of benzene rings is 1. The second-order valence-corrected chi connectivity index (χ2v) is 7.77. The molecular weight excluding hydrogens is 337 g/mol. The highest BCUT2D eigenvalue weighted by molar-refractivity contribution is 9.10. The van der Waals surface area contributed by atoms with Crippen LogP contribution in [0.3, 0.4) is 0 Å². The maximum atomic E-state index is 13.9. The molecule has 1 saturated carbocycles. The molecular formula is C16H23BrFNS. The molecule has 0 aliphatic heterocycles. The molecule has 0 aromatic heterocycles. The average Bonchev–Trinajstić information content (AvgIpc) is 2.46. The van der Waals surface area contributed by atoms with E-state index in [-0.39, 0.29) is 5.82 Å². The van der Waals surface area contributed by atoms with Gasteiger partial charge in [0.25, 0.3) is 0 Å². The quantitative estimate of drug-likeness (QED) is 0.783. The highest BCUT2D eigenvalue weighted by Crippen LogP contribution is 2.29. The number of thioether (sulfide) groups is 1. The first-order valence-corrected chi connectivity index (χ1v) is 9.26. The van der Waals surface area contributed by atoms with E-state index in [0.717, 1.165) is 27.5 Å². The Morgan fingerprint density at radius 3 is 2.75 bits per heavy atom. The van der Waals surface area contributed by atoms with Gasteiger partial charge >= 0.3 is 0 Å². The van der Waals surface area contributed by atoms with Crippen LogP contribution in [0.15, 0.2) is 22.7 Å². The molecule has 0 heterocycles. The average molecular weight is 360 g/mol. The van der Waals surface area contributed by atoms with E-state index in [0.29, 0.717) is 6.04 Å². The van der Waals surface area contributed by atoms with Gasteiger partial charge < -0.3 is 5.32 Å². The van der Waals surface area contributed by atoms with E-state index in [4.69, 9.17) is 0 Å². The summed E-state index contributed by atoms with van der Waals surface area (Å²) in [5, 5.41) is 4.15. The van der Waals surface area contributed by atoms with Crippen molar-refractivity contribution in [1.82, 2.24) is 5.32 Å². The Balaban J connectivity index is 1.84. The summed E-state index contributed by atoms with van der Waals surface area (Å²) in [6, 6.07) is 5.70. The molecule has 1 N–H and O–H groups in total. The fraction of sp³-hybridized carbons (Fsp3) is 0.625. The van der Waals surface area contributed by atoms with Crippen LogP contribution in [0, 0.1) is 5.82 Å². The van der Waals surface area contributed by atoms with Crippen LogP contribution in [-0.4, -0.2) is 24.1 Å². The summed E-state index contributed by atoms with van der Waals surface area (Å²) in [4.78, 5) is 0. The minimum Gasteiger partial charge on any atom is -0.316 e. The lowest BCUT2D eigenvalue weighted by Crippen LogP contribution is -2.31. The standard InChI is InChI=1S/C16H23BrFNS/c1-19-14(11-20-15-5-3-2-4-6-15)9-12-7-8-13(17)10-16(12)18/h7-8,10,14-15,19H,2-6,9,11H2,1H3. The number of nitrogens with one attached hydrogen (secondary N) is 1. The zero-order valence-corrected chi connectivity index (χ0v) is 14.4. The molecule has 4 heteroatoms. The molecule has 0 spiro atoms. The van der Waals surface area contributed by atoms with Gasteiger partial charge in [-0.1, -0.05) is 41.3 Å². The molecule has 1 aromatic carbocycles. The predicted molar refractivity (Wildman–Crippen MR) is 90.0 cm³/mol. The Labute approximate surface area is 134 Å². The van der Waals surface area contributed by atoms with E-state index in [1.165, 1.54) is 32.1 Å². The summed E-state index contributed by atoms with van der Waals surface area (Å²) in [5.41, 5.74) is 0.803. The van der Waals surface area contributed by atoms with Crippen LogP contribution < -0.4 is 5.32 Å². The molecule has 1 aliphatic rings. The number of hydrogen-bond acceptors (Lipinski definition) is 2. The van der Waals surface area contributed by atoms with Crippen molar-refractivity contribution in [2.45, 2.75) is 49.8 Å². The molecule has 0 bridgehead atoms. The summed E-state index contributed by atoms with van der Waals surface area (Å²) < 4.78 is 14.7. The van der Waals surface area contributed by atoms with Gasteiger partial charge in [0.1, 0.15) is 5.82 Å². The van der Waals surface area contributed by atoms with Crippen LogP contribution in [0.1, 0.15) is 37.7 Å². The summed E-state index contributed by atoms with van der Waals surface area (Å²) in [6.45, 7) is 0. The second kappa shape index (κ2) is 8.40. The fourth-order valence-corrected chi connectivity index (χ4v) is 4.47. The van der Waals surface area contributed by atoms with E-state index >= 15 is 0 Å². The van der Waals surface area contributed by atoms with Crippen molar-refractivity contribution in [2.75, 3.05) is 12.8 Å². The largest absolute Gasteiger partial charge is 0.316 e. The molecule has 1 aliphatic carbocycles. The summed E-state index contributed by atoms with van der Waals surface area (Å²) in [5.74, 6) is 0.957. The summed E-state index contributed by atoms with van der Waals surface area (Å²) in [7, 11) is 1.98. The third-order valence-electron chi connectivity index (χ3n) is 3.97. The maximum Gasteiger partial charge on any atom is 0.127 e. The monoisotopic (exact) mass is 359 g/mol.